The minimum atomic E-state index is -2.44. The molecule has 3 amide bonds. The second kappa shape index (κ2) is 14.5. The highest BCUT2D eigenvalue weighted by atomic mass is 32.2. The van der Waals surface area contributed by atoms with Crippen LogP contribution in [0.15, 0.2) is 24.3 Å². The summed E-state index contributed by atoms with van der Waals surface area (Å²) in [5.41, 5.74) is 4.71. The van der Waals surface area contributed by atoms with Gasteiger partial charge in [0.25, 0.3) is 0 Å². The lowest BCUT2D eigenvalue weighted by Crippen LogP contribution is -2.51. The number of piperazine rings is 1. The monoisotopic (exact) mass is 640 g/mol. The summed E-state index contributed by atoms with van der Waals surface area (Å²) in [7, 11) is 1.49. The largest absolute Gasteiger partial charge is 0.760 e. The van der Waals surface area contributed by atoms with Crippen molar-refractivity contribution in [3.63, 3.8) is 0 Å². The van der Waals surface area contributed by atoms with Gasteiger partial charge in [-0.1, -0.05) is 26.8 Å². The number of hydrogen-bond acceptors (Lipinski definition) is 7. The minimum Gasteiger partial charge on any atom is -0.760 e. The molecule has 1 atom stereocenters. The third-order valence-electron chi connectivity index (χ3n) is 8.80. The summed E-state index contributed by atoms with van der Waals surface area (Å²) >= 11 is -2.44. The molecule has 2 aromatic carbocycles. The summed E-state index contributed by atoms with van der Waals surface area (Å²) in [5, 5.41) is 5.94. The van der Waals surface area contributed by atoms with Crippen molar-refractivity contribution in [3.8, 4) is 11.5 Å². The van der Waals surface area contributed by atoms with Crippen molar-refractivity contribution in [2.45, 2.75) is 71.3 Å². The maximum atomic E-state index is 13.3. The first-order valence-electron chi connectivity index (χ1n) is 15.9. The van der Waals surface area contributed by atoms with Crippen molar-refractivity contribution in [2.75, 3.05) is 57.1 Å². The maximum Gasteiger partial charge on any atom is 0.323 e. The second-order valence-electron chi connectivity index (χ2n) is 13.3. The van der Waals surface area contributed by atoms with Crippen LogP contribution in [0, 0.1) is 5.92 Å². The molecule has 1 unspecified atom stereocenters. The molecule has 45 heavy (non-hydrogen) atoms. The number of amides is 3. The Bertz CT molecular complexity index is 1420. The fourth-order valence-corrected chi connectivity index (χ4v) is 6.42. The van der Waals surface area contributed by atoms with Gasteiger partial charge in [0.1, 0.15) is 11.5 Å². The molecule has 2 aromatic rings. The Kier molecular flexibility index (Phi) is 10.7. The van der Waals surface area contributed by atoms with Crippen LogP contribution in [0.3, 0.4) is 0 Å². The van der Waals surface area contributed by atoms with E-state index < -0.39 is 17.3 Å². The van der Waals surface area contributed by atoms with Crippen LogP contribution in [-0.2, 0) is 40.9 Å². The fraction of sp³-hybridized carbons (Fsp3) is 0.576. The SMILES string of the molecule is COc1c(CNS(=O)[O-])cc(C(C)(C)C)cc1NC(=O)Nc1ccc(OCCCN2CCN(CC3CC3)C(=O)C2)c2c1CCC2. The summed E-state index contributed by atoms with van der Waals surface area (Å²) < 4.78 is 36.6. The number of nitrogens with one attached hydrogen (secondary N) is 3. The second-order valence-corrected chi connectivity index (χ2v) is 14.0. The van der Waals surface area contributed by atoms with Gasteiger partial charge in [0.15, 0.2) is 0 Å². The molecule has 11 nitrogen and oxygen atoms in total. The number of methoxy groups -OCH3 is 1. The standard InChI is InChI=1S/C33H47N5O6S/c1-33(2,3)24-17-23(19-34-45(41)42)31(43-4)28(18-24)36-32(40)35-27-11-12-29(26-8-5-7-25(26)27)44-16-6-13-37-14-15-38(30(39)21-37)20-22-9-10-22/h11-12,17-18,22,34H,5-10,13-16,19-21H2,1-4H3,(H,41,42)(H2,35,36,40)/p-1. The zero-order chi connectivity index (χ0) is 32.1. The van der Waals surface area contributed by atoms with Gasteiger partial charge >= 0.3 is 6.03 Å². The lowest BCUT2D eigenvalue weighted by atomic mass is 9.85. The molecule has 0 aromatic heterocycles. The van der Waals surface area contributed by atoms with E-state index in [1.54, 1.807) is 0 Å². The first-order chi connectivity index (χ1) is 21.5. The molecular weight excluding hydrogens is 594 g/mol. The molecule has 246 valence electrons. The number of ether oxygens (including phenoxy) is 2. The van der Waals surface area contributed by atoms with Crippen molar-refractivity contribution < 1.29 is 27.8 Å². The van der Waals surface area contributed by atoms with Gasteiger partial charge in [-0.3, -0.25) is 13.9 Å². The molecule has 0 bridgehead atoms. The number of benzene rings is 2. The van der Waals surface area contributed by atoms with Crippen LogP contribution < -0.4 is 24.8 Å². The number of nitrogens with zero attached hydrogens (tertiary/aromatic N) is 2. The Hall–Kier alpha value is -3.19. The molecule has 2 aliphatic carbocycles. The smallest absolute Gasteiger partial charge is 0.323 e. The fourth-order valence-electron chi connectivity index (χ4n) is 6.15. The molecule has 3 aliphatic rings. The van der Waals surface area contributed by atoms with E-state index >= 15 is 0 Å². The normalized spacial score (nSPS) is 17.6. The van der Waals surface area contributed by atoms with Gasteiger partial charge in [-0.05, 0) is 84.7 Å². The van der Waals surface area contributed by atoms with Crippen LogP contribution in [0.5, 0.6) is 11.5 Å². The third-order valence-corrected chi connectivity index (χ3v) is 9.18. The highest BCUT2D eigenvalue weighted by Crippen LogP contribution is 2.38. The van der Waals surface area contributed by atoms with E-state index in [0.717, 1.165) is 85.9 Å². The summed E-state index contributed by atoms with van der Waals surface area (Å²) in [6, 6.07) is 7.15. The van der Waals surface area contributed by atoms with Crippen molar-refractivity contribution >= 4 is 34.6 Å². The summed E-state index contributed by atoms with van der Waals surface area (Å²) in [5.74, 6) is 2.22. The van der Waals surface area contributed by atoms with Gasteiger partial charge in [0.2, 0.25) is 5.91 Å². The van der Waals surface area contributed by atoms with Gasteiger partial charge in [0.05, 0.1) is 25.9 Å². The lowest BCUT2D eigenvalue weighted by Gasteiger charge is -2.34. The number of hydrogen-bond donors (Lipinski definition) is 3. The number of urea groups is 1. The molecule has 1 aliphatic heterocycles. The van der Waals surface area contributed by atoms with Crippen LogP contribution in [0.2, 0.25) is 0 Å². The third kappa shape index (κ3) is 8.75. The van der Waals surface area contributed by atoms with Crippen molar-refractivity contribution in [2.24, 2.45) is 5.92 Å². The topological polar surface area (TPSA) is 135 Å². The van der Waals surface area contributed by atoms with E-state index in [-0.39, 0.29) is 17.9 Å². The summed E-state index contributed by atoms with van der Waals surface area (Å²) in [4.78, 5) is 30.0. The average molecular weight is 641 g/mol. The maximum absolute atomic E-state index is 13.3. The first kappa shape index (κ1) is 33.2. The van der Waals surface area contributed by atoms with E-state index in [1.165, 1.54) is 20.0 Å². The number of carbonyl (C=O) groups excluding carboxylic acids is 2. The molecular formula is C33H46N5O6S-. The molecule has 1 saturated carbocycles. The van der Waals surface area contributed by atoms with E-state index in [1.807, 2.05) is 49.9 Å². The van der Waals surface area contributed by atoms with Gasteiger partial charge in [-0.25, -0.2) is 9.52 Å². The molecule has 5 rings (SSSR count). The van der Waals surface area contributed by atoms with Crippen LogP contribution in [0.25, 0.3) is 0 Å². The number of fused-ring (bicyclic) bond motifs is 1. The molecule has 3 N–H and O–H groups in total. The zero-order valence-electron chi connectivity index (χ0n) is 26.8. The predicted octanol–water partition coefficient (Wildman–Crippen LogP) is 4.33. The van der Waals surface area contributed by atoms with E-state index in [2.05, 4.69) is 20.3 Å². The number of carbonyl (C=O) groups is 2. The first-order valence-corrected chi connectivity index (χ1v) is 17.0. The van der Waals surface area contributed by atoms with Crippen LogP contribution in [0.1, 0.15) is 68.7 Å². The van der Waals surface area contributed by atoms with Crippen molar-refractivity contribution in [3.05, 3.63) is 46.5 Å². The van der Waals surface area contributed by atoms with Gasteiger partial charge in [-0.15, -0.1) is 0 Å². The highest BCUT2D eigenvalue weighted by molar-refractivity contribution is 7.77. The Morgan fingerprint density at radius 2 is 1.84 bits per heavy atom. The average Bonchev–Trinajstić information content (AvgIpc) is 3.66. The van der Waals surface area contributed by atoms with Crippen LogP contribution in [0.4, 0.5) is 16.2 Å². The molecule has 1 heterocycles. The van der Waals surface area contributed by atoms with Crippen molar-refractivity contribution in [1.82, 2.24) is 14.5 Å². The van der Waals surface area contributed by atoms with Crippen LogP contribution >= 0.6 is 0 Å². The van der Waals surface area contributed by atoms with Crippen LogP contribution in [-0.4, -0.2) is 76.9 Å². The number of anilines is 2. The molecule has 12 heteroatoms. The Balaban J connectivity index is 1.19. The summed E-state index contributed by atoms with van der Waals surface area (Å²) in [6.45, 7) is 10.7. The van der Waals surface area contributed by atoms with E-state index in [4.69, 9.17) is 9.47 Å². The predicted molar refractivity (Wildman–Crippen MR) is 174 cm³/mol. The summed E-state index contributed by atoms with van der Waals surface area (Å²) in [6.07, 6.45) is 6.08. The highest BCUT2D eigenvalue weighted by Gasteiger charge is 2.30. The quantitative estimate of drug-likeness (QED) is 0.219. The van der Waals surface area contributed by atoms with Gasteiger partial charge in [0, 0.05) is 55.2 Å². The lowest BCUT2D eigenvalue weighted by molar-refractivity contribution is -0.136. The molecule has 1 saturated heterocycles. The van der Waals surface area contributed by atoms with E-state index in [9.17, 15) is 18.4 Å². The van der Waals surface area contributed by atoms with Gasteiger partial charge in [-0.2, -0.15) is 0 Å². The Labute approximate surface area is 268 Å². The van der Waals surface area contributed by atoms with Gasteiger partial charge < -0.3 is 29.6 Å². The van der Waals surface area contributed by atoms with Crippen molar-refractivity contribution in [1.29, 1.82) is 0 Å². The molecule has 2 fully saturated rings. The molecule has 0 spiro atoms. The number of rotatable bonds is 13. The zero-order valence-corrected chi connectivity index (χ0v) is 27.6. The minimum absolute atomic E-state index is 0.0314. The molecule has 0 radical (unpaired) electrons. The Morgan fingerprint density at radius 1 is 1.09 bits per heavy atom. The van der Waals surface area contributed by atoms with E-state index in [0.29, 0.717) is 30.2 Å². The Morgan fingerprint density at radius 3 is 2.53 bits per heavy atom.